The SMILES string of the molecule is COC(Cn1c(-c2ccc(C(C)(C)C)cc2)nc2ccccc21)OC. The van der Waals surface area contributed by atoms with Crippen LogP contribution in [0.1, 0.15) is 26.3 Å². The van der Waals surface area contributed by atoms with Crippen molar-refractivity contribution in [1.29, 1.82) is 0 Å². The fourth-order valence-electron chi connectivity index (χ4n) is 2.99. The topological polar surface area (TPSA) is 36.3 Å². The number of methoxy groups -OCH3 is 2. The molecule has 0 radical (unpaired) electrons. The fourth-order valence-corrected chi connectivity index (χ4v) is 2.99. The molecule has 4 heteroatoms. The number of fused-ring (bicyclic) bond motifs is 1. The van der Waals surface area contributed by atoms with Crippen LogP contribution >= 0.6 is 0 Å². The molecular formula is C21H26N2O2. The summed E-state index contributed by atoms with van der Waals surface area (Å²) in [7, 11) is 3.32. The average Bonchev–Trinajstić information content (AvgIpc) is 2.97. The lowest BCUT2D eigenvalue weighted by Crippen LogP contribution is -2.21. The van der Waals surface area contributed by atoms with Crippen molar-refractivity contribution in [2.45, 2.75) is 39.0 Å². The van der Waals surface area contributed by atoms with Crippen molar-refractivity contribution in [1.82, 2.24) is 9.55 Å². The highest BCUT2D eigenvalue weighted by molar-refractivity contribution is 5.80. The lowest BCUT2D eigenvalue weighted by atomic mass is 9.87. The smallest absolute Gasteiger partial charge is 0.174 e. The standard InChI is InChI=1S/C21H26N2O2/c1-21(2,3)16-12-10-15(11-13-16)20-22-17-8-6-7-9-18(17)23(20)14-19(24-4)25-5/h6-13,19H,14H2,1-5H3. The molecule has 0 aliphatic rings. The van der Waals surface area contributed by atoms with Crippen molar-refractivity contribution in [2.24, 2.45) is 0 Å². The van der Waals surface area contributed by atoms with E-state index in [-0.39, 0.29) is 11.7 Å². The predicted molar refractivity (Wildman–Crippen MR) is 102 cm³/mol. The summed E-state index contributed by atoms with van der Waals surface area (Å²) in [6.45, 7) is 7.25. The van der Waals surface area contributed by atoms with E-state index < -0.39 is 0 Å². The first-order valence-electron chi connectivity index (χ1n) is 8.56. The number of nitrogens with zero attached hydrogens (tertiary/aromatic N) is 2. The number of benzene rings is 2. The predicted octanol–water partition coefficient (Wildman–Crippen LogP) is 4.62. The van der Waals surface area contributed by atoms with E-state index in [1.165, 1.54) is 5.56 Å². The zero-order valence-electron chi connectivity index (χ0n) is 15.6. The van der Waals surface area contributed by atoms with Crippen LogP contribution in [-0.4, -0.2) is 30.1 Å². The highest BCUT2D eigenvalue weighted by Crippen LogP contribution is 2.28. The van der Waals surface area contributed by atoms with Crippen molar-refractivity contribution in [3.05, 3.63) is 54.1 Å². The van der Waals surface area contributed by atoms with Gasteiger partial charge in [-0.2, -0.15) is 0 Å². The summed E-state index contributed by atoms with van der Waals surface area (Å²) >= 11 is 0. The number of aromatic nitrogens is 2. The third-order valence-corrected chi connectivity index (χ3v) is 4.52. The van der Waals surface area contributed by atoms with Crippen LogP contribution in [0, 0.1) is 0 Å². The highest BCUT2D eigenvalue weighted by Gasteiger charge is 2.18. The lowest BCUT2D eigenvalue weighted by molar-refractivity contribution is -0.110. The molecule has 4 nitrogen and oxygen atoms in total. The second kappa shape index (κ2) is 6.98. The highest BCUT2D eigenvalue weighted by atomic mass is 16.7. The summed E-state index contributed by atoms with van der Waals surface area (Å²) in [5.41, 5.74) is 4.59. The van der Waals surface area contributed by atoms with Crippen molar-refractivity contribution in [3.8, 4) is 11.4 Å². The zero-order chi connectivity index (χ0) is 18.0. The summed E-state index contributed by atoms with van der Waals surface area (Å²) in [6.07, 6.45) is -0.315. The maximum atomic E-state index is 5.41. The van der Waals surface area contributed by atoms with Gasteiger partial charge in [0, 0.05) is 19.8 Å². The number of hydrogen-bond donors (Lipinski definition) is 0. The molecule has 0 aliphatic heterocycles. The van der Waals surface area contributed by atoms with E-state index in [9.17, 15) is 0 Å². The van der Waals surface area contributed by atoms with Gasteiger partial charge in [0.2, 0.25) is 0 Å². The van der Waals surface area contributed by atoms with Crippen LogP contribution in [-0.2, 0) is 21.4 Å². The Hall–Kier alpha value is -2.17. The van der Waals surface area contributed by atoms with Gasteiger partial charge in [-0.1, -0.05) is 57.2 Å². The molecule has 0 atom stereocenters. The number of rotatable bonds is 5. The zero-order valence-corrected chi connectivity index (χ0v) is 15.6. The molecule has 0 aliphatic carbocycles. The quantitative estimate of drug-likeness (QED) is 0.637. The van der Waals surface area contributed by atoms with E-state index in [1.54, 1.807) is 14.2 Å². The first-order chi connectivity index (χ1) is 11.9. The molecule has 0 N–H and O–H groups in total. The minimum atomic E-state index is -0.315. The Balaban J connectivity index is 2.08. The van der Waals surface area contributed by atoms with Crippen LogP contribution in [0.2, 0.25) is 0 Å². The minimum absolute atomic E-state index is 0.135. The van der Waals surface area contributed by atoms with Gasteiger partial charge in [0.05, 0.1) is 17.6 Å². The Bertz CT molecular complexity index is 840. The van der Waals surface area contributed by atoms with Crippen LogP contribution in [0.15, 0.2) is 48.5 Å². The van der Waals surface area contributed by atoms with Crippen LogP contribution in [0.4, 0.5) is 0 Å². The molecule has 0 saturated heterocycles. The Labute approximate surface area is 149 Å². The number of imidazole rings is 1. The molecule has 0 bridgehead atoms. The Morgan fingerprint density at radius 1 is 0.960 bits per heavy atom. The van der Waals surface area contributed by atoms with E-state index in [0.29, 0.717) is 6.54 Å². The summed E-state index contributed by atoms with van der Waals surface area (Å²) in [5.74, 6) is 0.931. The molecular weight excluding hydrogens is 312 g/mol. The lowest BCUT2D eigenvalue weighted by Gasteiger charge is -2.20. The minimum Gasteiger partial charge on any atom is -0.354 e. The van der Waals surface area contributed by atoms with E-state index in [0.717, 1.165) is 22.4 Å². The van der Waals surface area contributed by atoms with E-state index in [4.69, 9.17) is 14.5 Å². The number of para-hydroxylation sites is 2. The normalized spacial score (nSPS) is 12.2. The van der Waals surface area contributed by atoms with Crippen LogP contribution < -0.4 is 0 Å². The molecule has 0 fully saturated rings. The summed E-state index contributed by atoms with van der Waals surface area (Å²) < 4.78 is 13.0. The molecule has 132 valence electrons. The van der Waals surface area contributed by atoms with E-state index in [2.05, 4.69) is 55.7 Å². The van der Waals surface area contributed by atoms with Crippen LogP contribution in [0.3, 0.4) is 0 Å². The molecule has 0 spiro atoms. The van der Waals surface area contributed by atoms with Gasteiger partial charge in [-0.3, -0.25) is 0 Å². The van der Waals surface area contributed by atoms with Gasteiger partial charge in [0.1, 0.15) is 5.82 Å². The Kier molecular flexibility index (Phi) is 4.93. The van der Waals surface area contributed by atoms with Gasteiger partial charge >= 0.3 is 0 Å². The molecule has 0 amide bonds. The van der Waals surface area contributed by atoms with Crippen molar-refractivity contribution < 1.29 is 9.47 Å². The van der Waals surface area contributed by atoms with Gasteiger partial charge in [0.15, 0.2) is 6.29 Å². The van der Waals surface area contributed by atoms with Crippen molar-refractivity contribution >= 4 is 11.0 Å². The number of ether oxygens (including phenoxy) is 2. The molecule has 1 aromatic heterocycles. The van der Waals surface area contributed by atoms with Crippen LogP contribution in [0.5, 0.6) is 0 Å². The Morgan fingerprint density at radius 2 is 1.60 bits per heavy atom. The van der Waals surface area contributed by atoms with Gasteiger partial charge in [-0.25, -0.2) is 4.98 Å². The fraction of sp³-hybridized carbons (Fsp3) is 0.381. The summed E-state index contributed by atoms with van der Waals surface area (Å²) in [4.78, 5) is 4.85. The Morgan fingerprint density at radius 3 is 2.20 bits per heavy atom. The second-order valence-corrected chi connectivity index (χ2v) is 7.26. The molecule has 1 heterocycles. The van der Waals surface area contributed by atoms with Gasteiger partial charge in [-0.15, -0.1) is 0 Å². The molecule has 3 rings (SSSR count). The maximum Gasteiger partial charge on any atom is 0.174 e. The van der Waals surface area contributed by atoms with Crippen molar-refractivity contribution in [3.63, 3.8) is 0 Å². The molecule has 3 aromatic rings. The summed E-state index contributed by atoms with van der Waals surface area (Å²) in [6, 6.07) is 16.8. The molecule has 0 unspecified atom stereocenters. The van der Waals surface area contributed by atoms with E-state index in [1.807, 2.05) is 18.2 Å². The van der Waals surface area contributed by atoms with E-state index >= 15 is 0 Å². The monoisotopic (exact) mass is 338 g/mol. The first kappa shape index (κ1) is 17.6. The van der Waals surface area contributed by atoms with Gasteiger partial charge in [0.25, 0.3) is 0 Å². The average molecular weight is 338 g/mol. The molecule has 2 aromatic carbocycles. The van der Waals surface area contributed by atoms with Crippen LogP contribution in [0.25, 0.3) is 22.4 Å². The second-order valence-electron chi connectivity index (χ2n) is 7.26. The largest absolute Gasteiger partial charge is 0.354 e. The third kappa shape index (κ3) is 3.60. The maximum absolute atomic E-state index is 5.41. The molecule has 0 saturated carbocycles. The first-order valence-corrected chi connectivity index (χ1v) is 8.56. The van der Waals surface area contributed by atoms with Gasteiger partial charge < -0.3 is 14.0 Å². The van der Waals surface area contributed by atoms with Gasteiger partial charge in [-0.05, 0) is 23.1 Å². The van der Waals surface area contributed by atoms with Crippen molar-refractivity contribution in [2.75, 3.05) is 14.2 Å². The summed E-state index contributed by atoms with van der Waals surface area (Å²) in [5, 5.41) is 0. The third-order valence-electron chi connectivity index (χ3n) is 4.52. The number of hydrogen-bond acceptors (Lipinski definition) is 3. The molecule has 25 heavy (non-hydrogen) atoms.